The number of carbonyl (C=O) groups is 1. The number of rotatable bonds is 6. The van der Waals surface area contributed by atoms with E-state index in [0.29, 0.717) is 13.0 Å². The van der Waals surface area contributed by atoms with Gasteiger partial charge >= 0.3 is 0 Å². The molecular weight excluding hydrogens is 276 g/mol. The fourth-order valence-electron chi connectivity index (χ4n) is 1.77. The van der Waals surface area contributed by atoms with Crippen LogP contribution in [0.3, 0.4) is 0 Å². The second-order valence-electron chi connectivity index (χ2n) is 4.39. The summed E-state index contributed by atoms with van der Waals surface area (Å²) in [6.45, 7) is 0.519. The topological polar surface area (TPSA) is 54.0 Å². The average molecular weight is 291 g/mol. The van der Waals surface area contributed by atoms with Gasteiger partial charge in [-0.1, -0.05) is 12.1 Å². The van der Waals surface area contributed by atoms with Gasteiger partial charge in [0.15, 0.2) is 0 Å². The molecule has 4 nitrogen and oxygen atoms in total. The lowest BCUT2D eigenvalue weighted by Gasteiger charge is -2.08. The van der Waals surface area contributed by atoms with Gasteiger partial charge in [0.05, 0.1) is 6.54 Å². The minimum atomic E-state index is -0.795. The number of carbonyl (C=O) groups excluding carboxylic acids is 1. The Morgan fingerprint density at radius 3 is 2.52 bits per heavy atom. The Bertz CT molecular complexity index is 585. The van der Waals surface area contributed by atoms with Crippen LogP contribution >= 0.6 is 0 Å². The van der Waals surface area contributed by atoms with E-state index in [1.807, 2.05) is 18.2 Å². The first kappa shape index (κ1) is 15.1. The van der Waals surface area contributed by atoms with Crippen LogP contribution in [-0.2, 0) is 11.2 Å². The highest BCUT2D eigenvalue weighted by Gasteiger charge is 2.11. The maximum atomic E-state index is 13.3. The summed E-state index contributed by atoms with van der Waals surface area (Å²) < 4.78 is 26.7. The van der Waals surface area contributed by atoms with Gasteiger partial charge in [0.1, 0.15) is 17.3 Å². The molecule has 2 N–H and O–H groups in total. The third-order valence-corrected chi connectivity index (χ3v) is 2.80. The molecule has 1 aromatic carbocycles. The first-order chi connectivity index (χ1) is 10.2. The standard InChI is InChI=1S/C15H15F2N3O/c16-12-5-3-6-13(17)15(12)20-14(21)10-18-9-7-11-4-1-2-8-19-11/h1-6,8,18H,7,9-10H2,(H,20,21). The van der Waals surface area contributed by atoms with Gasteiger partial charge in [-0.05, 0) is 24.3 Å². The number of aromatic nitrogens is 1. The number of hydrogen-bond donors (Lipinski definition) is 2. The third kappa shape index (κ3) is 4.61. The number of pyridine rings is 1. The van der Waals surface area contributed by atoms with Crippen molar-refractivity contribution in [2.24, 2.45) is 0 Å². The van der Waals surface area contributed by atoms with Crippen LogP contribution < -0.4 is 10.6 Å². The fourth-order valence-corrected chi connectivity index (χ4v) is 1.77. The Hall–Kier alpha value is -2.34. The molecule has 0 spiro atoms. The summed E-state index contributed by atoms with van der Waals surface area (Å²) in [6.07, 6.45) is 2.37. The van der Waals surface area contributed by atoms with Crippen molar-refractivity contribution in [3.8, 4) is 0 Å². The largest absolute Gasteiger partial charge is 0.320 e. The SMILES string of the molecule is O=C(CNCCc1ccccn1)Nc1c(F)cccc1F. The smallest absolute Gasteiger partial charge is 0.238 e. The predicted molar refractivity (Wildman–Crippen MR) is 75.8 cm³/mol. The highest BCUT2D eigenvalue weighted by Crippen LogP contribution is 2.17. The molecule has 2 aromatic rings. The predicted octanol–water partition coefficient (Wildman–Crippen LogP) is 2.13. The van der Waals surface area contributed by atoms with E-state index in [9.17, 15) is 13.6 Å². The van der Waals surface area contributed by atoms with Crippen molar-refractivity contribution in [1.82, 2.24) is 10.3 Å². The van der Waals surface area contributed by atoms with Crippen LogP contribution in [0.2, 0.25) is 0 Å². The van der Waals surface area contributed by atoms with E-state index in [2.05, 4.69) is 15.6 Å². The van der Waals surface area contributed by atoms with E-state index in [0.717, 1.165) is 17.8 Å². The van der Waals surface area contributed by atoms with E-state index >= 15 is 0 Å². The van der Waals surface area contributed by atoms with Crippen molar-refractivity contribution in [1.29, 1.82) is 0 Å². The lowest BCUT2D eigenvalue weighted by molar-refractivity contribution is -0.115. The summed E-state index contributed by atoms with van der Waals surface area (Å²) in [5.74, 6) is -2.09. The normalized spacial score (nSPS) is 10.4. The summed E-state index contributed by atoms with van der Waals surface area (Å²) in [7, 11) is 0. The van der Waals surface area contributed by atoms with Crippen molar-refractivity contribution in [2.45, 2.75) is 6.42 Å². The Morgan fingerprint density at radius 2 is 1.86 bits per heavy atom. The van der Waals surface area contributed by atoms with Crippen LogP contribution in [0.4, 0.5) is 14.5 Å². The molecule has 0 aliphatic rings. The summed E-state index contributed by atoms with van der Waals surface area (Å²) in [5, 5.41) is 5.11. The lowest BCUT2D eigenvalue weighted by atomic mass is 10.2. The molecule has 0 fully saturated rings. The maximum absolute atomic E-state index is 13.3. The molecule has 0 bridgehead atoms. The number of halogens is 2. The first-order valence-corrected chi connectivity index (χ1v) is 6.51. The highest BCUT2D eigenvalue weighted by molar-refractivity contribution is 5.92. The van der Waals surface area contributed by atoms with Crippen LogP contribution in [-0.4, -0.2) is 24.0 Å². The third-order valence-electron chi connectivity index (χ3n) is 2.80. The molecule has 0 saturated heterocycles. The van der Waals surface area contributed by atoms with E-state index in [4.69, 9.17) is 0 Å². The van der Waals surface area contributed by atoms with Gasteiger partial charge in [0.25, 0.3) is 0 Å². The van der Waals surface area contributed by atoms with Crippen molar-refractivity contribution in [3.63, 3.8) is 0 Å². The van der Waals surface area contributed by atoms with Crippen LogP contribution in [0.1, 0.15) is 5.69 Å². The first-order valence-electron chi connectivity index (χ1n) is 6.51. The number of para-hydroxylation sites is 1. The molecule has 0 saturated carbocycles. The van der Waals surface area contributed by atoms with E-state index in [1.54, 1.807) is 6.20 Å². The zero-order chi connectivity index (χ0) is 15.1. The molecule has 6 heteroatoms. The van der Waals surface area contributed by atoms with Crippen molar-refractivity contribution < 1.29 is 13.6 Å². The van der Waals surface area contributed by atoms with Crippen molar-refractivity contribution in [3.05, 3.63) is 59.9 Å². The van der Waals surface area contributed by atoms with Gasteiger partial charge in [-0.25, -0.2) is 8.78 Å². The Balaban J connectivity index is 1.75. The number of nitrogens with one attached hydrogen (secondary N) is 2. The molecule has 1 heterocycles. The van der Waals surface area contributed by atoms with E-state index < -0.39 is 23.2 Å². The summed E-state index contributed by atoms with van der Waals surface area (Å²) in [4.78, 5) is 15.8. The summed E-state index contributed by atoms with van der Waals surface area (Å²) in [5.41, 5.74) is 0.486. The Labute approximate surface area is 121 Å². The van der Waals surface area contributed by atoms with Gasteiger partial charge in [-0.2, -0.15) is 0 Å². The highest BCUT2D eigenvalue weighted by atomic mass is 19.1. The van der Waals surface area contributed by atoms with E-state index in [1.165, 1.54) is 6.07 Å². The molecule has 0 aliphatic carbocycles. The van der Waals surface area contributed by atoms with Gasteiger partial charge in [-0.15, -0.1) is 0 Å². The zero-order valence-electron chi connectivity index (χ0n) is 11.3. The van der Waals surface area contributed by atoms with Crippen molar-refractivity contribution >= 4 is 11.6 Å². The van der Waals surface area contributed by atoms with Crippen molar-refractivity contribution in [2.75, 3.05) is 18.4 Å². The molecule has 1 aromatic heterocycles. The molecule has 1 amide bonds. The summed E-state index contributed by atoms with van der Waals surface area (Å²) >= 11 is 0. The van der Waals surface area contributed by atoms with Crippen LogP contribution in [0, 0.1) is 11.6 Å². The quantitative estimate of drug-likeness (QED) is 0.802. The molecule has 0 radical (unpaired) electrons. The summed E-state index contributed by atoms with van der Waals surface area (Å²) in [6, 6.07) is 9.02. The Morgan fingerprint density at radius 1 is 1.10 bits per heavy atom. The molecule has 0 atom stereocenters. The van der Waals surface area contributed by atoms with Gasteiger partial charge in [0.2, 0.25) is 5.91 Å². The van der Waals surface area contributed by atoms with Gasteiger partial charge in [0, 0.05) is 24.9 Å². The van der Waals surface area contributed by atoms with E-state index in [-0.39, 0.29) is 6.54 Å². The number of anilines is 1. The molecule has 0 aliphatic heterocycles. The molecule has 21 heavy (non-hydrogen) atoms. The molecule has 2 rings (SSSR count). The average Bonchev–Trinajstić information content (AvgIpc) is 2.49. The van der Waals surface area contributed by atoms with Crippen LogP contribution in [0.5, 0.6) is 0 Å². The fraction of sp³-hybridized carbons (Fsp3) is 0.200. The van der Waals surface area contributed by atoms with Gasteiger partial charge in [-0.3, -0.25) is 9.78 Å². The van der Waals surface area contributed by atoms with Gasteiger partial charge < -0.3 is 10.6 Å². The second-order valence-corrected chi connectivity index (χ2v) is 4.39. The van der Waals surface area contributed by atoms with Crippen LogP contribution in [0.15, 0.2) is 42.6 Å². The number of hydrogen-bond acceptors (Lipinski definition) is 3. The van der Waals surface area contributed by atoms with Crippen LogP contribution in [0.25, 0.3) is 0 Å². The number of amides is 1. The second kappa shape index (κ2) is 7.44. The molecule has 0 unspecified atom stereocenters. The number of nitrogens with zero attached hydrogens (tertiary/aromatic N) is 1. The monoisotopic (exact) mass is 291 g/mol. The minimum absolute atomic E-state index is 0.0272. The zero-order valence-corrected chi connectivity index (χ0v) is 11.3. The number of benzene rings is 1. The minimum Gasteiger partial charge on any atom is -0.320 e. The molecular formula is C15H15F2N3O. The maximum Gasteiger partial charge on any atom is 0.238 e. The Kier molecular flexibility index (Phi) is 5.34. The molecule has 110 valence electrons. The lowest BCUT2D eigenvalue weighted by Crippen LogP contribution is -2.30.